The predicted molar refractivity (Wildman–Crippen MR) is 82.5 cm³/mol. The molecule has 2 aromatic rings. The van der Waals surface area contributed by atoms with Gasteiger partial charge in [-0.2, -0.15) is 0 Å². The molecular weight excluding hydrogens is 254 g/mol. The molecule has 1 aromatic carbocycles. The van der Waals surface area contributed by atoms with Crippen molar-refractivity contribution in [1.82, 2.24) is 4.98 Å². The van der Waals surface area contributed by atoms with Crippen LogP contribution in [0.25, 0.3) is 10.4 Å². The molecule has 2 rings (SSSR count). The standard InChI is InChI=1S/C15H17NSSi/c1-12-16-14(10-11-18(2,3)4)15(17-12)13-8-6-5-7-9-13/h5-9H,1-4H3. The van der Waals surface area contributed by atoms with Crippen molar-refractivity contribution in [2.24, 2.45) is 0 Å². The fourth-order valence-electron chi connectivity index (χ4n) is 1.54. The molecule has 0 unspecified atom stereocenters. The largest absolute Gasteiger partial charge is 0.232 e. The van der Waals surface area contributed by atoms with Crippen LogP contribution in [-0.2, 0) is 0 Å². The van der Waals surface area contributed by atoms with Gasteiger partial charge in [-0.25, -0.2) is 4.98 Å². The zero-order valence-electron chi connectivity index (χ0n) is 11.2. The molecule has 3 heteroatoms. The first kappa shape index (κ1) is 13.1. The van der Waals surface area contributed by atoms with Gasteiger partial charge in [-0.3, -0.25) is 0 Å². The molecule has 1 aromatic heterocycles. The summed E-state index contributed by atoms with van der Waals surface area (Å²) in [6.45, 7) is 8.79. The van der Waals surface area contributed by atoms with Gasteiger partial charge in [-0.1, -0.05) is 55.9 Å². The summed E-state index contributed by atoms with van der Waals surface area (Å²) >= 11 is 1.72. The first-order valence-corrected chi connectivity index (χ1v) is 10.3. The first-order chi connectivity index (χ1) is 8.46. The Morgan fingerprint density at radius 1 is 1.11 bits per heavy atom. The molecular formula is C15H17NSSi. The van der Waals surface area contributed by atoms with E-state index in [1.165, 1.54) is 10.4 Å². The number of benzene rings is 1. The van der Waals surface area contributed by atoms with Crippen LogP contribution in [0.5, 0.6) is 0 Å². The maximum Gasteiger partial charge on any atom is 0.131 e. The Morgan fingerprint density at radius 3 is 2.39 bits per heavy atom. The third kappa shape index (κ3) is 3.31. The second kappa shape index (κ2) is 5.09. The number of aryl methyl sites for hydroxylation is 1. The van der Waals surface area contributed by atoms with Gasteiger partial charge in [0, 0.05) is 0 Å². The molecule has 0 aliphatic heterocycles. The van der Waals surface area contributed by atoms with E-state index in [1.807, 2.05) is 13.0 Å². The van der Waals surface area contributed by atoms with Crippen LogP contribution in [0.1, 0.15) is 10.7 Å². The van der Waals surface area contributed by atoms with E-state index in [1.54, 1.807) is 11.3 Å². The summed E-state index contributed by atoms with van der Waals surface area (Å²) in [5, 5.41) is 1.08. The van der Waals surface area contributed by atoms with Crippen LogP contribution >= 0.6 is 11.3 Å². The monoisotopic (exact) mass is 271 g/mol. The van der Waals surface area contributed by atoms with E-state index in [2.05, 4.69) is 60.4 Å². The molecule has 0 fully saturated rings. The Morgan fingerprint density at radius 2 is 1.78 bits per heavy atom. The molecule has 0 saturated heterocycles. The summed E-state index contributed by atoms with van der Waals surface area (Å²) in [5.41, 5.74) is 5.54. The van der Waals surface area contributed by atoms with E-state index >= 15 is 0 Å². The number of nitrogens with zero attached hydrogens (tertiary/aromatic N) is 1. The van der Waals surface area contributed by atoms with Crippen molar-refractivity contribution in [3.8, 4) is 21.9 Å². The van der Waals surface area contributed by atoms with E-state index < -0.39 is 8.07 Å². The Balaban J connectivity index is 2.46. The minimum Gasteiger partial charge on any atom is -0.232 e. The van der Waals surface area contributed by atoms with E-state index in [0.29, 0.717) is 0 Å². The lowest BCUT2D eigenvalue weighted by Crippen LogP contribution is -2.16. The Labute approximate surface area is 114 Å². The topological polar surface area (TPSA) is 12.9 Å². The summed E-state index contributed by atoms with van der Waals surface area (Å²) in [6.07, 6.45) is 0. The molecule has 0 spiro atoms. The molecule has 0 aliphatic carbocycles. The fourth-order valence-corrected chi connectivity index (χ4v) is 2.92. The normalized spacial score (nSPS) is 10.9. The minimum atomic E-state index is -1.35. The highest BCUT2D eigenvalue weighted by molar-refractivity contribution is 7.15. The number of hydrogen-bond donors (Lipinski definition) is 0. The second-order valence-corrected chi connectivity index (χ2v) is 11.2. The Hall–Kier alpha value is -1.37. The van der Waals surface area contributed by atoms with Gasteiger partial charge >= 0.3 is 0 Å². The third-order valence-corrected chi connectivity index (χ3v) is 4.22. The predicted octanol–water partition coefficient (Wildman–Crippen LogP) is 4.35. The van der Waals surface area contributed by atoms with Crippen molar-refractivity contribution >= 4 is 19.4 Å². The third-order valence-electron chi connectivity index (χ3n) is 2.33. The molecule has 92 valence electrons. The van der Waals surface area contributed by atoms with Crippen molar-refractivity contribution in [1.29, 1.82) is 0 Å². The number of hydrogen-bond acceptors (Lipinski definition) is 2. The number of rotatable bonds is 1. The van der Waals surface area contributed by atoms with Crippen LogP contribution in [0.15, 0.2) is 30.3 Å². The Bertz CT molecular complexity index is 597. The summed E-state index contributed by atoms with van der Waals surface area (Å²) in [7, 11) is -1.35. The molecule has 0 saturated carbocycles. The quantitative estimate of drug-likeness (QED) is 0.555. The highest BCUT2D eigenvalue weighted by Crippen LogP contribution is 2.29. The van der Waals surface area contributed by atoms with Crippen molar-refractivity contribution in [3.05, 3.63) is 41.0 Å². The van der Waals surface area contributed by atoms with Crippen LogP contribution in [0.3, 0.4) is 0 Å². The van der Waals surface area contributed by atoms with Crippen LogP contribution < -0.4 is 0 Å². The average molecular weight is 271 g/mol. The number of aromatic nitrogens is 1. The van der Waals surface area contributed by atoms with Gasteiger partial charge in [-0.15, -0.1) is 16.9 Å². The maximum absolute atomic E-state index is 4.56. The molecule has 1 nitrogen and oxygen atoms in total. The van der Waals surface area contributed by atoms with E-state index in [4.69, 9.17) is 0 Å². The minimum absolute atomic E-state index is 0.936. The van der Waals surface area contributed by atoms with Crippen LogP contribution in [0.4, 0.5) is 0 Å². The van der Waals surface area contributed by atoms with Gasteiger partial charge in [0.15, 0.2) is 0 Å². The van der Waals surface area contributed by atoms with Crippen LogP contribution in [0.2, 0.25) is 19.6 Å². The lowest BCUT2D eigenvalue weighted by atomic mass is 10.1. The summed E-state index contributed by atoms with van der Waals surface area (Å²) < 4.78 is 0. The molecule has 0 atom stereocenters. The van der Waals surface area contributed by atoms with Crippen LogP contribution in [-0.4, -0.2) is 13.1 Å². The Kier molecular flexibility index (Phi) is 3.70. The maximum atomic E-state index is 4.56. The molecule has 0 N–H and O–H groups in total. The van der Waals surface area contributed by atoms with Gasteiger partial charge in [-0.05, 0) is 12.5 Å². The van der Waals surface area contributed by atoms with Gasteiger partial charge in [0.2, 0.25) is 0 Å². The molecule has 18 heavy (non-hydrogen) atoms. The SMILES string of the molecule is Cc1nc(C#C[Si](C)(C)C)c(-c2ccccc2)s1. The van der Waals surface area contributed by atoms with Crippen molar-refractivity contribution in [2.75, 3.05) is 0 Å². The van der Waals surface area contributed by atoms with Gasteiger partial charge < -0.3 is 0 Å². The fraction of sp³-hybridized carbons (Fsp3) is 0.267. The lowest BCUT2D eigenvalue weighted by Gasteiger charge is -2.03. The summed E-state index contributed by atoms with van der Waals surface area (Å²) in [6, 6.07) is 10.4. The van der Waals surface area contributed by atoms with Gasteiger partial charge in [0.05, 0.1) is 9.88 Å². The van der Waals surface area contributed by atoms with E-state index in [9.17, 15) is 0 Å². The zero-order valence-corrected chi connectivity index (χ0v) is 13.1. The van der Waals surface area contributed by atoms with E-state index in [-0.39, 0.29) is 0 Å². The molecule has 0 radical (unpaired) electrons. The highest BCUT2D eigenvalue weighted by Gasteiger charge is 2.11. The number of thiazole rings is 1. The average Bonchev–Trinajstić information content (AvgIpc) is 2.68. The molecule has 0 amide bonds. The van der Waals surface area contributed by atoms with Crippen LogP contribution in [0, 0.1) is 18.4 Å². The molecule has 1 heterocycles. The van der Waals surface area contributed by atoms with Gasteiger partial charge in [0.1, 0.15) is 13.8 Å². The first-order valence-electron chi connectivity index (χ1n) is 6.02. The van der Waals surface area contributed by atoms with Gasteiger partial charge in [0.25, 0.3) is 0 Å². The molecule has 0 bridgehead atoms. The van der Waals surface area contributed by atoms with Crippen molar-refractivity contribution in [2.45, 2.75) is 26.6 Å². The molecule has 0 aliphatic rings. The zero-order chi connectivity index (χ0) is 13.2. The highest BCUT2D eigenvalue weighted by atomic mass is 32.1. The van der Waals surface area contributed by atoms with Crippen molar-refractivity contribution in [3.63, 3.8) is 0 Å². The smallest absolute Gasteiger partial charge is 0.131 e. The summed E-state index contributed by atoms with van der Waals surface area (Å²) in [4.78, 5) is 5.75. The van der Waals surface area contributed by atoms with Crippen molar-refractivity contribution < 1.29 is 0 Å². The lowest BCUT2D eigenvalue weighted by molar-refractivity contribution is 1.27. The second-order valence-electron chi connectivity index (χ2n) is 5.28. The van der Waals surface area contributed by atoms with E-state index in [0.717, 1.165) is 10.7 Å². The summed E-state index contributed by atoms with van der Waals surface area (Å²) in [5.74, 6) is 3.28.